The summed E-state index contributed by atoms with van der Waals surface area (Å²) in [4.78, 5) is 35.1. The van der Waals surface area contributed by atoms with Crippen LogP contribution < -0.4 is 10.6 Å². The van der Waals surface area contributed by atoms with Gasteiger partial charge in [-0.2, -0.15) is 0 Å². The van der Waals surface area contributed by atoms with Crippen molar-refractivity contribution in [3.63, 3.8) is 0 Å². The van der Waals surface area contributed by atoms with Crippen molar-refractivity contribution >= 4 is 17.8 Å². The molecule has 0 aliphatic carbocycles. The first kappa shape index (κ1) is 19.6. The maximum Gasteiger partial charge on any atom is 0.326 e. The lowest BCUT2D eigenvalue weighted by molar-refractivity contribution is -0.143. The van der Waals surface area contributed by atoms with E-state index in [9.17, 15) is 23.9 Å². The van der Waals surface area contributed by atoms with Gasteiger partial charge in [-0.1, -0.05) is 32.4 Å². The minimum Gasteiger partial charge on any atom is -0.480 e. The molecule has 6 nitrogen and oxygen atoms in total. The molecule has 3 N–H and O–H groups in total. The molecule has 24 heavy (non-hydrogen) atoms. The highest BCUT2D eigenvalue weighted by molar-refractivity contribution is 5.90. The fraction of sp³-hybridized carbons (Fsp3) is 0.471. The lowest BCUT2D eigenvalue weighted by Crippen LogP contribution is -2.53. The molecule has 0 unspecified atom stereocenters. The number of benzene rings is 1. The van der Waals surface area contributed by atoms with Gasteiger partial charge in [-0.05, 0) is 23.6 Å². The maximum atomic E-state index is 13.3. The highest BCUT2D eigenvalue weighted by atomic mass is 19.1. The van der Waals surface area contributed by atoms with Crippen molar-refractivity contribution < 1.29 is 23.9 Å². The summed E-state index contributed by atoms with van der Waals surface area (Å²) in [5, 5.41) is 14.2. The summed E-state index contributed by atoms with van der Waals surface area (Å²) in [6, 6.07) is 3.66. The average molecular weight is 338 g/mol. The molecule has 0 saturated heterocycles. The van der Waals surface area contributed by atoms with Crippen LogP contribution in [-0.2, 0) is 20.8 Å². The molecule has 132 valence electrons. The number of hydrogen-bond donors (Lipinski definition) is 3. The summed E-state index contributed by atoms with van der Waals surface area (Å²) in [5.74, 6) is -2.88. The SMILES string of the molecule is CC[C@H](C)[C@@H](NC(=O)[C@@H](Cc1cccc(F)c1)NC(C)=O)C(=O)O. The van der Waals surface area contributed by atoms with Gasteiger partial charge in [-0.3, -0.25) is 9.59 Å². The number of rotatable bonds is 8. The van der Waals surface area contributed by atoms with E-state index in [-0.39, 0.29) is 12.3 Å². The first-order valence-electron chi connectivity index (χ1n) is 7.79. The van der Waals surface area contributed by atoms with Gasteiger partial charge in [0.15, 0.2) is 0 Å². The number of carboxylic acids is 1. The van der Waals surface area contributed by atoms with Crippen molar-refractivity contribution in [3.8, 4) is 0 Å². The Morgan fingerprint density at radius 1 is 1.25 bits per heavy atom. The molecule has 0 heterocycles. The van der Waals surface area contributed by atoms with Gasteiger partial charge >= 0.3 is 5.97 Å². The van der Waals surface area contributed by atoms with Crippen LogP contribution in [0.1, 0.15) is 32.8 Å². The second-order valence-electron chi connectivity index (χ2n) is 5.80. The third-order valence-electron chi connectivity index (χ3n) is 3.80. The number of carbonyl (C=O) groups is 3. The van der Waals surface area contributed by atoms with Crippen molar-refractivity contribution in [1.82, 2.24) is 10.6 Å². The van der Waals surface area contributed by atoms with E-state index in [0.717, 1.165) is 0 Å². The van der Waals surface area contributed by atoms with Crippen LogP contribution in [0.3, 0.4) is 0 Å². The fourth-order valence-electron chi connectivity index (χ4n) is 2.29. The number of carboxylic acid groups (broad SMARTS) is 1. The van der Waals surface area contributed by atoms with Crippen LogP contribution in [0.25, 0.3) is 0 Å². The molecule has 3 atom stereocenters. The Balaban J connectivity index is 2.91. The molecule has 1 rings (SSSR count). The van der Waals surface area contributed by atoms with E-state index in [1.165, 1.54) is 25.1 Å². The molecule has 0 saturated carbocycles. The number of carbonyl (C=O) groups excluding carboxylic acids is 2. The molecule has 0 aliphatic heterocycles. The lowest BCUT2D eigenvalue weighted by Gasteiger charge is -2.24. The molecule has 0 spiro atoms. The first-order valence-corrected chi connectivity index (χ1v) is 7.79. The van der Waals surface area contributed by atoms with Crippen molar-refractivity contribution in [1.29, 1.82) is 0 Å². The molecular weight excluding hydrogens is 315 g/mol. The summed E-state index contributed by atoms with van der Waals surface area (Å²) in [5.41, 5.74) is 0.527. The predicted octanol–water partition coefficient (Wildman–Crippen LogP) is 1.49. The number of amides is 2. The molecule has 0 bridgehead atoms. The summed E-state index contributed by atoms with van der Waals surface area (Å²) in [6.07, 6.45) is 0.641. The average Bonchev–Trinajstić information content (AvgIpc) is 2.50. The van der Waals surface area contributed by atoms with Crippen LogP contribution in [0.15, 0.2) is 24.3 Å². The molecular formula is C17H23FN2O4. The molecule has 1 aromatic rings. The van der Waals surface area contributed by atoms with Gasteiger partial charge in [0, 0.05) is 13.3 Å². The number of halogens is 1. The Morgan fingerprint density at radius 2 is 1.92 bits per heavy atom. The van der Waals surface area contributed by atoms with E-state index >= 15 is 0 Å². The second kappa shape index (κ2) is 9.00. The Bertz CT molecular complexity index is 606. The highest BCUT2D eigenvalue weighted by Crippen LogP contribution is 2.10. The van der Waals surface area contributed by atoms with Crippen LogP contribution >= 0.6 is 0 Å². The smallest absolute Gasteiger partial charge is 0.326 e. The lowest BCUT2D eigenvalue weighted by atomic mass is 9.98. The zero-order valence-corrected chi connectivity index (χ0v) is 14.0. The predicted molar refractivity (Wildman–Crippen MR) is 86.7 cm³/mol. The molecule has 1 aromatic carbocycles. The van der Waals surface area contributed by atoms with Crippen LogP contribution in [0.5, 0.6) is 0 Å². The van der Waals surface area contributed by atoms with Gasteiger partial charge in [0.2, 0.25) is 11.8 Å². The molecule has 2 amide bonds. The van der Waals surface area contributed by atoms with Crippen molar-refractivity contribution in [2.75, 3.05) is 0 Å². The third-order valence-corrected chi connectivity index (χ3v) is 3.80. The maximum absolute atomic E-state index is 13.3. The number of hydrogen-bond acceptors (Lipinski definition) is 3. The van der Waals surface area contributed by atoms with E-state index in [1.807, 2.05) is 6.92 Å². The Morgan fingerprint density at radius 3 is 2.42 bits per heavy atom. The molecule has 0 fully saturated rings. The van der Waals surface area contributed by atoms with E-state index in [4.69, 9.17) is 0 Å². The monoisotopic (exact) mass is 338 g/mol. The minimum atomic E-state index is -1.13. The quantitative estimate of drug-likeness (QED) is 0.669. The van der Waals surface area contributed by atoms with E-state index in [2.05, 4.69) is 10.6 Å². The zero-order valence-electron chi connectivity index (χ0n) is 14.0. The third kappa shape index (κ3) is 5.98. The van der Waals surface area contributed by atoms with Crippen LogP contribution in [0, 0.1) is 11.7 Å². The van der Waals surface area contributed by atoms with Crippen molar-refractivity contribution in [2.45, 2.75) is 45.7 Å². The number of nitrogens with one attached hydrogen (secondary N) is 2. The molecule has 7 heteroatoms. The van der Waals surface area contributed by atoms with Gasteiger partial charge < -0.3 is 15.7 Å². The Kier molecular flexibility index (Phi) is 7.35. The summed E-state index contributed by atoms with van der Waals surface area (Å²) < 4.78 is 13.3. The number of aliphatic carboxylic acids is 1. The Labute approximate surface area is 140 Å². The van der Waals surface area contributed by atoms with Crippen LogP contribution in [0.2, 0.25) is 0 Å². The van der Waals surface area contributed by atoms with E-state index in [1.54, 1.807) is 13.0 Å². The van der Waals surface area contributed by atoms with Crippen molar-refractivity contribution in [3.05, 3.63) is 35.6 Å². The fourth-order valence-corrected chi connectivity index (χ4v) is 2.29. The second-order valence-corrected chi connectivity index (χ2v) is 5.80. The normalized spacial score (nSPS) is 14.3. The van der Waals surface area contributed by atoms with Crippen LogP contribution in [-0.4, -0.2) is 35.0 Å². The first-order chi connectivity index (χ1) is 11.2. The highest BCUT2D eigenvalue weighted by Gasteiger charge is 2.29. The topological polar surface area (TPSA) is 95.5 Å². The van der Waals surface area contributed by atoms with Crippen molar-refractivity contribution in [2.24, 2.45) is 5.92 Å². The minimum absolute atomic E-state index is 0.0655. The van der Waals surface area contributed by atoms with Gasteiger partial charge in [-0.25, -0.2) is 9.18 Å². The molecule has 0 aliphatic rings. The van der Waals surface area contributed by atoms with Gasteiger partial charge in [-0.15, -0.1) is 0 Å². The standard InChI is InChI=1S/C17H23FN2O4/c1-4-10(2)15(17(23)24)20-16(22)14(19-11(3)21)9-12-6-5-7-13(18)8-12/h5-8,10,14-15H,4,9H2,1-3H3,(H,19,21)(H,20,22)(H,23,24)/t10-,14+,15+/m0/s1. The summed E-state index contributed by atoms with van der Waals surface area (Å²) in [7, 11) is 0. The summed E-state index contributed by atoms with van der Waals surface area (Å²) >= 11 is 0. The van der Waals surface area contributed by atoms with E-state index in [0.29, 0.717) is 12.0 Å². The van der Waals surface area contributed by atoms with Gasteiger partial charge in [0.25, 0.3) is 0 Å². The molecule has 0 aromatic heterocycles. The van der Waals surface area contributed by atoms with Gasteiger partial charge in [0.1, 0.15) is 17.9 Å². The van der Waals surface area contributed by atoms with E-state index < -0.39 is 35.7 Å². The summed E-state index contributed by atoms with van der Waals surface area (Å²) in [6.45, 7) is 4.80. The zero-order chi connectivity index (χ0) is 18.3. The molecule has 0 radical (unpaired) electrons. The Hall–Kier alpha value is -2.44. The van der Waals surface area contributed by atoms with Crippen LogP contribution in [0.4, 0.5) is 4.39 Å². The largest absolute Gasteiger partial charge is 0.480 e. The van der Waals surface area contributed by atoms with Gasteiger partial charge in [0.05, 0.1) is 0 Å².